The highest BCUT2D eigenvalue weighted by Crippen LogP contribution is 2.18. The molecule has 0 bridgehead atoms. The summed E-state index contributed by atoms with van der Waals surface area (Å²) in [6, 6.07) is 7.81. The molecule has 0 fully saturated rings. The fourth-order valence-corrected chi connectivity index (χ4v) is 1.22. The number of para-hydroxylation sites is 1. The van der Waals surface area contributed by atoms with Crippen molar-refractivity contribution >= 4 is 11.4 Å². The molecule has 0 aliphatic rings. The molecule has 0 saturated carbocycles. The Bertz CT molecular complexity index is 318. The number of nitrogens with zero attached hydrogens (tertiary/aromatic N) is 2. The van der Waals surface area contributed by atoms with Gasteiger partial charge in [-0.05, 0) is 13.0 Å². The van der Waals surface area contributed by atoms with Crippen LogP contribution in [-0.4, -0.2) is 25.0 Å². The van der Waals surface area contributed by atoms with Crippen molar-refractivity contribution in [3.63, 3.8) is 0 Å². The second-order valence-corrected chi connectivity index (χ2v) is 3.10. The van der Waals surface area contributed by atoms with Gasteiger partial charge in [-0.1, -0.05) is 23.4 Å². The second-order valence-electron chi connectivity index (χ2n) is 3.10. The van der Waals surface area contributed by atoms with Crippen LogP contribution in [0.15, 0.2) is 29.4 Å². The van der Waals surface area contributed by atoms with Gasteiger partial charge < -0.3 is 10.1 Å². The van der Waals surface area contributed by atoms with Gasteiger partial charge in [0.05, 0.1) is 5.71 Å². The minimum absolute atomic E-state index is 0.629. The number of anilines is 1. The van der Waals surface area contributed by atoms with E-state index in [2.05, 4.69) is 5.16 Å². The first-order chi connectivity index (χ1) is 6.16. The predicted molar refractivity (Wildman–Crippen MR) is 54.8 cm³/mol. The summed E-state index contributed by atoms with van der Waals surface area (Å²) in [5.74, 6) is 0. The first-order valence-corrected chi connectivity index (χ1v) is 4.12. The van der Waals surface area contributed by atoms with Gasteiger partial charge in [-0.15, -0.1) is 0 Å². The molecule has 0 heterocycles. The third-order valence-electron chi connectivity index (χ3n) is 1.93. The van der Waals surface area contributed by atoms with Gasteiger partial charge in [-0.25, -0.2) is 0 Å². The summed E-state index contributed by atoms with van der Waals surface area (Å²) >= 11 is 0. The number of benzene rings is 1. The summed E-state index contributed by atoms with van der Waals surface area (Å²) in [5, 5.41) is 11.9. The van der Waals surface area contributed by atoms with Gasteiger partial charge in [-0.2, -0.15) is 0 Å². The van der Waals surface area contributed by atoms with Crippen molar-refractivity contribution in [3.8, 4) is 0 Å². The van der Waals surface area contributed by atoms with E-state index in [1.165, 1.54) is 0 Å². The Morgan fingerprint density at radius 1 is 1.31 bits per heavy atom. The highest BCUT2D eigenvalue weighted by molar-refractivity contribution is 6.03. The van der Waals surface area contributed by atoms with Gasteiger partial charge in [-0.3, -0.25) is 0 Å². The zero-order valence-corrected chi connectivity index (χ0v) is 8.15. The van der Waals surface area contributed by atoms with Crippen molar-refractivity contribution in [2.75, 3.05) is 19.0 Å². The van der Waals surface area contributed by atoms with Crippen LogP contribution in [0.4, 0.5) is 5.69 Å². The maximum absolute atomic E-state index is 8.66. The average Bonchev–Trinajstić information content (AvgIpc) is 2.16. The molecular weight excluding hydrogens is 164 g/mol. The highest BCUT2D eigenvalue weighted by atomic mass is 16.4. The van der Waals surface area contributed by atoms with Crippen LogP contribution in [0.1, 0.15) is 12.5 Å². The number of hydrogen-bond acceptors (Lipinski definition) is 3. The van der Waals surface area contributed by atoms with Gasteiger partial charge in [0, 0.05) is 25.3 Å². The Labute approximate surface area is 78.3 Å². The zero-order chi connectivity index (χ0) is 9.84. The van der Waals surface area contributed by atoms with E-state index < -0.39 is 0 Å². The molecule has 1 rings (SSSR count). The van der Waals surface area contributed by atoms with E-state index in [-0.39, 0.29) is 0 Å². The molecule has 1 N–H and O–H groups in total. The monoisotopic (exact) mass is 178 g/mol. The number of oxime groups is 1. The second kappa shape index (κ2) is 3.94. The highest BCUT2D eigenvalue weighted by Gasteiger charge is 2.05. The third kappa shape index (κ3) is 1.99. The van der Waals surface area contributed by atoms with Crippen LogP contribution in [0.5, 0.6) is 0 Å². The molecule has 0 radical (unpaired) electrons. The van der Waals surface area contributed by atoms with Gasteiger partial charge in [0.1, 0.15) is 0 Å². The van der Waals surface area contributed by atoms with Crippen LogP contribution in [0.2, 0.25) is 0 Å². The Morgan fingerprint density at radius 3 is 2.46 bits per heavy atom. The number of rotatable bonds is 2. The van der Waals surface area contributed by atoms with Crippen LogP contribution >= 0.6 is 0 Å². The quantitative estimate of drug-likeness (QED) is 0.427. The molecule has 3 nitrogen and oxygen atoms in total. The van der Waals surface area contributed by atoms with Crippen LogP contribution in [0.3, 0.4) is 0 Å². The lowest BCUT2D eigenvalue weighted by molar-refractivity contribution is 0.319. The van der Waals surface area contributed by atoms with Crippen molar-refractivity contribution < 1.29 is 5.21 Å². The molecule has 0 unspecified atom stereocenters. The van der Waals surface area contributed by atoms with Crippen LogP contribution in [0, 0.1) is 0 Å². The van der Waals surface area contributed by atoms with Crippen molar-refractivity contribution in [2.45, 2.75) is 6.92 Å². The smallest absolute Gasteiger partial charge is 0.0857 e. The molecule has 70 valence electrons. The Morgan fingerprint density at radius 2 is 1.92 bits per heavy atom. The largest absolute Gasteiger partial charge is 0.411 e. The average molecular weight is 178 g/mol. The van der Waals surface area contributed by atoms with E-state index in [1.54, 1.807) is 6.92 Å². The van der Waals surface area contributed by atoms with E-state index in [0.717, 1.165) is 11.3 Å². The molecule has 3 heteroatoms. The van der Waals surface area contributed by atoms with Crippen LogP contribution in [-0.2, 0) is 0 Å². The van der Waals surface area contributed by atoms with Crippen LogP contribution < -0.4 is 4.90 Å². The first kappa shape index (κ1) is 9.58. The van der Waals surface area contributed by atoms with Gasteiger partial charge in [0.2, 0.25) is 0 Å². The Hall–Kier alpha value is -1.51. The fourth-order valence-electron chi connectivity index (χ4n) is 1.22. The SMILES string of the molecule is C/C(=N\O)c1ccccc1N(C)C. The van der Waals surface area contributed by atoms with E-state index in [4.69, 9.17) is 5.21 Å². The van der Waals surface area contributed by atoms with Crippen molar-refractivity contribution in [1.82, 2.24) is 0 Å². The maximum Gasteiger partial charge on any atom is 0.0857 e. The van der Waals surface area contributed by atoms with Crippen molar-refractivity contribution in [3.05, 3.63) is 29.8 Å². The van der Waals surface area contributed by atoms with Gasteiger partial charge in [0.25, 0.3) is 0 Å². The zero-order valence-electron chi connectivity index (χ0n) is 8.15. The van der Waals surface area contributed by atoms with E-state index >= 15 is 0 Å². The molecule has 1 aromatic carbocycles. The molecule has 1 aromatic rings. The van der Waals surface area contributed by atoms with E-state index in [0.29, 0.717) is 5.71 Å². The van der Waals surface area contributed by atoms with Crippen molar-refractivity contribution in [2.24, 2.45) is 5.16 Å². The van der Waals surface area contributed by atoms with E-state index in [9.17, 15) is 0 Å². The standard InChI is InChI=1S/C10H14N2O/c1-8(11-13)9-6-4-5-7-10(9)12(2)3/h4-7,13H,1-3H3/b11-8+. The van der Waals surface area contributed by atoms with Gasteiger partial charge in [0.15, 0.2) is 0 Å². The van der Waals surface area contributed by atoms with Gasteiger partial charge >= 0.3 is 0 Å². The molecule has 0 aromatic heterocycles. The number of hydrogen-bond donors (Lipinski definition) is 1. The normalized spacial score (nSPS) is 11.5. The minimum Gasteiger partial charge on any atom is -0.411 e. The first-order valence-electron chi connectivity index (χ1n) is 4.12. The molecule has 0 aliphatic heterocycles. The molecule has 0 spiro atoms. The minimum atomic E-state index is 0.629. The van der Waals surface area contributed by atoms with Crippen LogP contribution in [0.25, 0.3) is 0 Å². The Balaban J connectivity index is 3.20. The molecular formula is C10H14N2O. The summed E-state index contributed by atoms with van der Waals surface area (Å²) in [6.45, 7) is 1.78. The summed E-state index contributed by atoms with van der Waals surface area (Å²) in [5.41, 5.74) is 2.64. The van der Waals surface area contributed by atoms with Crippen molar-refractivity contribution in [1.29, 1.82) is 0 Å². The molecule has 0 amide bonds. The van der Waals surface area contributed by atoms with E-state index in [1.807, 2.05) is 43.3 Å². The lowest BCUT2D eigenvalue weighted by Gasteiger charge is -2.16. The summed E-state index contributed by atoms with van der Waals surface area (Å²) in [6.07, 6.45) is 0. The predicted octanol–water partition coefficient (Wildman–Crippen LogP) is 1.95. The summed E-state index contributed by atoms with van der Waals surface area (Å²) < 4.78 is 0. The molecule has 0 atom stereocenters. The topological polar surface area (TPSA) is 35.8 Å². The molecule has 0 saturated heterocycles. The third-order valence-corrected chi connectivity index (χ3v) is 1.93. The summed E-state index contributed by atoms with van der Waals surface area (Å²) in [4.78, 5) is 1.99. The molecule has 0 aliphatic carbocycles. The lowest BCUT2D eigenvalue weighted by Crippen LogP contribution is -2.12. The lowest BCUT2D eigenvalue weighted by atomic mass is 10.1. The Kier molecular flexibility index (Phi) is 2.90. The summed E-state index contributed by atoms with van der Waals surface area (Å²) in [7, 11) is 3.92. The fraction of sp³-hybridized carbons (Fsp3) is 0.300. The maximum atomic E-state index is 8.66. The molecule has 13 heavy (non-hydrogen) atoms.